The Morgan fingerprint density at radius 1 is 1.08 bits per heavy atom. The van der Waals surface area contributed by atoms with Gasteiger partial charge in [0.25, 0.3) is 0 Å². The minimum Gasteiger partial charge on any atom is -0.356 e. The van der Waals surface area contributed by atoms with E-state index in [-0.39, 0.29) is 0 Å². The number of hydrogen-bond acceptors (Lipinski definition) is 7. The zero-order valence-electron chi connectivity index (χ0n) is 22.8. The van der Waals surface area contributed by atoms with Gasteiger partial charge in [0.2, 0.25) is 0 Å². The highest BCUT2D eigenvalue weighted by molar-refractivity contribution is 5.90. The molecule has 0 bridgehead atoms. The Morgan fingerprint density at radius 2 is 1.84 bits per heavy atom. The van der Waals surface area contributed by atoms with Crippen LogP contribution in [0.2, 0.25) is 0 Å². The molecule has 0 amide bonds. The molecular formula is C29H35N9. The number of fused-ring (bicyclic) bond motifs is 2. The standard InChI is InChI=1S/C29H35N9/c1-18(2)26-27(22-15-38-17-32-35-29(38)20(4)19(22)3)33-23-7-8-25(34-28(23)26)37-13-9-21(10-14-37)36(5)16-24-30-11-6-12-31-24/h6-8,11-12,15,17-18,21,33H,9-10,13-14,16H2,1-5H3. The van der Waals surface area contributed by atoms with E-state index in [9.17, 15) is 0 Å². The van der Waals surface area contributed by atoms with E-state index < -0.39 is 0 Å². The largest absolute Gasteiger partial charge is 0.356 e. The van der Waals surface area contributed by atoms with Crippen LogP contribution in [0, 0.1) is 13.8 Å². The van der Waals surface area contributed by atoms with Crippen molar-refractivity contribution in [1.82, 2.24) is 39.4 Å². The summed E-state index contributed by atoms with van der Waals surface area (Å²) in [4.78, 5) is 22.5. The number of nitrogens with one attached hydrogen (secondary N) is 1. The van der Waals surface area contributed by atoms with Gasteiger partial charge in [-0.15, -0.1) is 10.2 Å². The SMILES string of the molecule is Cc1c(-c2[nH]c3ccc(N4CCC(N(C)Cc5ncccn5)CC4)nc3c2C(C)C)cn2cnnc2c1C. The van der Waals surface area contributed by atoms with Crippen LogP contribution >= 0.6 is 0 Å². The lowest BCUT2D eigenvalue weighted by molar-refractivity contribution is 0.196. The first-order valence-corrected chi connectivity index (χ1v) is 13.4. The first-order valence-electron chi connectivity index (χ1n) is 13.4. The number of nitrogens with zero attached hydrogens (tertiary/aromatic N) is 8. The van der Waals surface area contributed by atoms with Gasteiger partial charge in [0.15, 0.2) is 5.65 Å². The van der Waals surface area contributed by atoms with E-state index in [0.29, 0.717) is 12.0 Å². The number of aromatic amines is 1. The Balaban J connectivity index is 1.28. The molecule has 1 fully saturated rings. The molecule has 0 atom stereocenters. The number of H-pyrrole nitrogens is 1. The molecule has 1 saturated heterocycles. The third-order valence-electron chi connectivity index (χ3n) is 8.08. The maximum atomic E-state index is 5.24. The molecule has 6 rings (SSSR count). The van der Waals surface area contributed by atoms with E-state index in [1.165, 1.54) is 16.7 Å². The quantitative estimate of drug-likeness (QED) is 0.348. The van der Waals surface area contributed by atoms with Gasteiger partial charge in [-0.1, -0.05) is 13.8 Å². The van der Waals surface area contributed by atoms with E-state index in [1.807, 2.05) is 22.9 Å². The second kappa shape index (κ2) is 9.79. The van der Waals surface area contributed by atoms with Crippen LogP contribution < -0.4 is 4.90 Å². The summed E-state index contributed by atoms with van der Waals surface area (Å²) in [6.45, 7) is 11.5. The van der Waals surface area contributed by atoms with E-state index >= 15 is 0 Å². The van der Waals surface area contributed by atoms with Crippen molar-refractivity contribution in [2.24, 2.45) is 0 Å². The first-order chi connectivity index (χ1) is 18.4. The summed E-state index contributed by atoms with van der Waals surface area (Å²) in [5, 5.41) is 8.40. The third kappa shape index (κ3) is 4.30. The van der Waals surface area contributed by atoms with Gasteiger partial charge in [-0.2, -0.15) is 0 Å². The van der Waals surface area contributed by atoms with Crippen molar-refractivity contribution < 1.29 is 0 Å². The summed E-state index contributed by atoms with van der Waals surface area (Å²) in [5.74, 6) is 2.25. The van der Waals surface area contributed by atoms with Crippen molar-refractivity contribution in [1.29, 1.82) is 0 Å². The van der Waals surface area contributed by atoms with Gasteiger partial charge in [0.05, 0.1) is 23.3 Å². The fourth-order valence-corrected chi connectivity index (χ4v) is 5.79. The normalized spacial score (nSPS) is 15.0. The smallest absolute Gasteiger partial charge is 0.163 e. The molecule has 9 nitrogen and oxygen atoms in total. The zero-order chi connectivity index (χ0) is 26.4. The molecule has 0 aliphatic carbocycles. The lowest BCUT2D eigenvalue weighted by Gasteiger charge is -2.37. The maximum absolute atomic E-state index is 5.24. The molecular weight excluding hydrogens is 474 g/mol. The highest BCUT2D eigenvalue weighted by Gasteiger charge is 2.25. The fourth-order valence-electron chi connectivity index (χ4n) is 5.79. The topological polar surface area (TPSA) is 91.1 Å². The Hall–Kier alpha value is -3.85. The fraction of sp³-hybridized carbons (Fsp3) is 0.414. The Bertz CT molecular complexity index is 1580. The number of pyridine rings is 2. The summed E-state index contributed by atoms with van der Waals surface area (Å²) in [6.07, 6.45) is 9.72. The number of anilines is 1. The number of aryl methyl sites for hydroxylation is 1. The molecule has 6 heterocycles. The number of piperidine rings is 1. The minimum atomic E-state index is 0.317. The van der Waals surface area contributed by atoms with Gasteiger partial charge in [0.1, 0.15) is 18.0 Å². The molecule has 0 saturated carbocycles. The van der Waals surface area contributed by atoms with E-state index in [4.69, 9.17) is 4.98 Å². The average molecular weight is 510 g/mol. The van der Waals surface area contributed by atoms with E-state index in [2.05, 4.69) is 88.0 Å². The third-order valence-corrected chi connectivity index (χ3v) is 8.08. The maximum Gasteiger partial charge on any atom is 0.163 e. The van der Waals surface area contributed by atoms with Crippen LogP contribution in [0.3, 0.4) is 0 Å². The summed E-state index contributed by atoms with van der Waals surface area (Å²) >= 11 is 0. The van der Waals surface area contributed by atoms with Crippen LogP contribution in [-0.2, 0) is 6.54 Å². The van der Waals surface area contributed by atoms with Crippen molar-refractivity contribution in [3.63, 3.8) is 0 Å². The molecule has 1 aliphatic rings. The van der Waals surface area contributed by atoms with Crippen molar-refractivity contribution in [2.75, 3.05) is 25.0 Å². The molecule has 1 N–H and O–H groups in total. The van der Waals surface area contributed by atoms with Crippen LogP contribution in [0.1, 0.15) is 55.1 Å². The Morgan fingerprint density at radius 3 is 2.58 bits per heavy atom. The highest BCUT2D eigenvalue weighted by Crippen LogP contribution is 2.38. The van der Waals surface area contributed by atoms with Gasteiger partial charge in [-0.3, -0.25) is 9.30 Å². The first kappa shape index (κ1) is 24.5. The summed E-state index contributed by atoms with van der Waals surface area (Å²) in [7, 11) is 2.18. The predicted molar refractivity (Wildman–Crippen MR) is 150 cm³/mol. The lowest BCUT2D eigenvalue weighted by Crippen LogP contribution is -2.43. The molecule has 9 heteroatoms. The molecule has 0 unspecified atom stereocenters. The second-order valence-electron chi connectivity index (χ2n) is 10.8. The average Bonchev–Trinajstić information content (AvgIpc) is 3.56. The number of rotatable bonds is 6. The van der Waals surface area contributed by atoms with E-state index in [0.717, 1.165) is 72.1 Å². The molecule has 5 aromatic rings. The predicted octanol–water partition coefficient (Wildman–Crippen LogP) is 4.90. The molecule has 5 aromatic heterocycles. The number of hydrogen-bond donors (Lipinski definition) is 1. The highest BCUT2D eigenvalue weighted by atomic mass is 15.2. The van der Waals surface area contributed by atoms with Crippen LogP contribution in [0.15, 0.2) is 43.1 Å². The van der Waals surface area contributed by atoms with Crippen molar-refractivity contribution >= 4 is 22.5 Å². The molecule has 0 spiro atoms. The van der Waals surface area contributed by atoms with Crippen LogP contribution in [-0.4, -0.2) is 65.6 Å². The van der Waals surface area contributed by atoms with Crippen LogP contribution in [0.5, 0.6) is 0 Å². The van der Waals surface area contributed by atoms with Crippen LogP contribution in [0.25, 0.3) is 27.9 Å². The zero-order valence-corrected chi connectivity index (χ0v) is 22.8. The molecule has 0 aromatic carbocycles. The second-order valence-corrected chi connectivity index (χ2v) is 10.8. The van der Waals surface area contributed by atoms with Crippen LogP contribution in [0.4, 0.5) is 5.82 Å². The molecule has 1 aliphatic heterocycles. The van der Waals surface area contributed by atoms with Gasteiger partial charge in [-0.25, -0.2) is 15.0 Å². The Kier molecular flexibility index (Phi) is 6.31. The monoisotopic (exact) mass is 509 g/mol. The summed E-state index contributed by atoms with van der Waals surface area (Å²) < 4.78 is 2.01. The van der Waals surface area contributed by atoms with Crippen molar-refractivity contribution in [2.45, 2.75) is 59.0 Å². The van der Waals surface area contributed by atoms with Gasteiger partial charge in [-0.05, 0) is 69.0 Å². The van der Waals surface area contributed by atoms with Gasteiger partial charge < -0.3 is 9.88 Å². The van der Waals surface area contributed by atoms with Crippen molar-refractivity contribution in [3.05, 3.63) is 65.6 Å². The lowest BCUT2D eigenvalue weighted by atomic mass is 9.95. The molecule has 0 radical (unpaired) electrons. The summed E-state index contributed by atoms with van der Waals surface area (Å²) in [6, 6.07) is 6.73. The van der Waals surface area contributed by atoms with E-state index in [1.54, 1.807) is 6.33 Å². The van der Waals surface area contributed by atoms with Crippen molar-refractivity contribution in [3.8, 4) is 11.3 Å². The molecule has 38 heavy (non-hydrogen) atoms. The number of aromatic nitrogens is 7. The van der Waals surface area contributed by atoms with Gasteiger partial charge in [0, 0.05) is 48.8 Å². The molecule has 196 valence electrons. The minimum absolute atomic E-state index is 0.317. The Labute approximate surface area is 223 Å². The van der Waals surface area contributed by atoms with Gasteiger partial charge >= 0.3 is 0 Å². The summed E-state index contributed by atoms with van der Waals surface area (Å²) in [5.41, 5.74) is 8.97.